The molecule has 0 unspecified atom stereocenters. The summed E-state index contributed by atoms with van der Waals surface area (Å²) in [6, 6.07) is 5.60. The highest BCUT2D eigenvalue weighted by Crippen LogP contribution is 2.53. The second kappa shape index (κ2) is 4.63. The molecule has 1 saturated heterocycles. The summed E-state index contributed by atoms with van der Waals surface area (Å²) in [4.78, 5) is 26.3. The van der Waals surface area contributed by atoms with Crippen LogP contribution in [0, 0.1) is 23.7 Å². The number of alkyl halides is 2. The van der Waals surface area contributed by atoms with E-state index >= 15 is 0 Å². The number of carbonyl (C=O) groups is 2. The Morgan fingerprint density at radius 2 is 1.55 bits per heavy atom. The number of halogens is 2. The van der Waals surface area contributed by atoms with Crippen molar-refractivity contribution in [2.24, 2.45) is 23.7 Å². The van der Waals surface area contributed by atoms with Crippen molar-refractivity contribution in [2.45, 2.75) is 13.0 Å². The van der Waals surface area contributed by atoms with Crippen LogP contribution in [0.25, 0.3) is 0 Å². The minimum atomic E-state index is -2.90. The van der Waals surface area contributed by atoms with Gasteiger partial charge in [0.2, 0.25) is 11.8 Å². The van der Waals surface area contributed by atoms with Crippen molar-refractivity contribution in [3.8, 4) is 5.75 Å². The van der Waals surface area contributed by atoms with Crippen LogP contribution in [0.3, 0.4) is 0 Å². The lowest BCUT2D eigenvalue weighted by Gasteiger charge is -2.17. The van der Waals surface area contributed by atoms with Crippen molar-refractivity contribution in [1.82, 2.24) is 0 Å². The van der Waals surface area contributed by atoms with Crippen molar-refractivity contribution in [2.75, 3.05) is 4.90 Å². The van der Waals surface area contributed by atoms with Gasteiger partial charge in [0.25, 0.3) is 0 Å². The van der Waals surface area contributed by atoms with Crippen molar-refractivity contribution in [3.63, 3.8) is 0 Å². The number of anilines is 1. The third-order valence-electron chi connectivity index (χ3n) is 4.79. The number of allylic oxidation sites excluding steroid dienone is 2. The van der Waals surface area contributed by atoms with Gasteiger partial charge in [0, 0.05) is 0 Å². The van der Waals surface area contributed by atoms with Crippen LogP contribution >= 0.6 is 0 Å². The maximum absolute atomic E-state index is 12.6. The van der Waals surface area contributed by atoms with E-state index in [2.05, 4.69) is 4.74 Å². The van der Waals surface area contributed by atoms with Crippen molar-refractivity contribution < 1.29 is 23.1 Å². The maximum atomic E-state index is 12.6. The molecule has 4 nitrogen and oxygen atoms in total. The topological polar surface area (TPSA) is 46.6 Å². The number of imide groups is 1. The molecule has 1 aromatic rings. The third-order valence-corrected chi connectivity index (χ3v) is 4.79. The number of hydrogen-bond acceptors (Lipinski definition) is 3. The van der Waals surface area contributed by atoms with E-state index in [1.807, 2.05) is 12.2 Å². The van der Waals surface area contributed by atoms with Crippen LogP contribution in [0.15, 0.2) is 36.4 Å². The molecule has 4 rings (SSSR count). The Kier molecular flexibility index (Phi) is 2.82. The van der Waals surface area contributed by atoms with Gasteiger partial charge in [-0.05, 0) is 42.5 Å². The molecule has 2 aliphatic carbocycles. The molecule has 2 fully saturated rings. The molecule has 1 aliphatic heterocycles. The Balaban J connectivity index is 1.61. The number of rotatable bonds is 3. The predicted molar refractivity (Wildman–Crippen MR) is 73.3 cm³/mol. The zero-order chi connectivity index (χ0) is 15.4. The van der Waals surface area contributed by atoms with E-state index < -0.39 is 6.61 Å². The summed E-state index contributed by atoms with van der Waals surface area (Å²) < 4.78 is 28.6. The first-order valence-corrected chi connectivity index (χ1v) is 7.17. The molecule has 1 heterocycles. The number of amides is 2. The molecule has 22 heavy (non-hydrogen) atoms. The van der Waals surface area contributed by atoms with Crippen LogP contribution in [-0.2, 0) is 9.59 Å². The molecule has 0 N–H and O–H groups in total. The molecule has 3 aliphatic rings. The van der Waals surface area contributed by atoms with Gasteiger partial charge in [-0.1, -0.05) is 12.2 Å². The molecule has 6 heteroatoms. The van der Waals surface area contributed by atoms with Crippen molar-refractivity contribution in [1.29, 1.82) is 0 Å². The lowest BCUT2D eigenvalue weighted by atomic mass is 9.85. The van der Waals surface area contributed by atoms with Crippen LogP contribution in [-0.4, -0.2) is 18.4 Å². The van der Waals surface area contributed by atoms with Crippen molar-refractivity contribution in [3.05, 3.63) is 36.4 Å². The summed E-state index contributed by atoms with van der Waals surface area (Å²) in [6.07, 6.45) is 4.93. The Morgan fingerprint density at radius 1 is 1.00 bits per heavy atom. The summed E-state index contributed by atoms with van der Waals surface area (Å²) in [5.74, 6) is -0.599. The van der Waals surface area contributed by atoms with Crippen LogP contribution in [0.5, 0.6) is 5.75 Å². The number of carbonyl (C=O) groups excluding carboxylic acids is 2. The number of benzene rings is 1. The number of nitrogens with zero attached hydrogens (tertiary/aromatic N) is 1. The maximum Gasteiger partial charge on any atom is 0.387 e. The molecule has 114 valence electrons. The Labute approximate surface area is 125 Å². The lowest BCUT2D eigenvalue weighted by molar-refractivity contribution is -0.123. The number of ether oxygens (including phenoxy) is 1. The van der Waals surface area contributed by atoms with Crippen molar-refractivity contribution >= 4 is 17.5 Å². The van der Waals surface area contributed by atoms with E-state index in [1.54, 1.807) is 0 Å². The van der Waals surface area contributed by atoms with Crippen LogP contribution in [0.2, 0.25) is 0 Å². The van der Waals surface area contributed by atoms with Gasteiger partial charge >= 0.3 is 6.61 Å². The van der Waals surface area contributed by atoms with Gasteiger partial charge in [-0.3, -0.25) is 14.5 Å². The zero-order valence-electron chi connectivity index (χ0n) is 11.5. The summed E-state index contributed by atoms with van der Waals surface area (Å²) >= 11 is 0. The van der Waals surface area contributed by atoms with E-state index in [0.29, 0.717) is 5.69 Å². The van der Waals surface area contributed by atoms with Crippen LogP contribution in [0.4, 0.5) is 14.5 Å². The summed E-state index contributed by atoms with van der Waals surface area (Å²) in [5.41, 5.74) is 0.408. The van der Waals surface area contributed by atoms with E-state index in [9.17, 15) is 18.4 Å². The van der Waals surface area contributed by atoms with Gasteiger partial charge in [0.05, 0.1) is 17.5 Å². The second-order valence-corrected chi connectivity index (χ2v) is 5.88. The van der Waals surface area contributed by atoms with E-state index in [1.165, 1.54) is 29.2 Å². The molecule has 2 amide bonds. The van der Waals surface area contributed by atoms with Gasteiger partial charge in [-0.2, -0.15) is 8.78 Å². The normalized spacial score (nSPS) is 32.2. The second-order valence-electron chi connectivity index (χ2n) is 5.88. The lowest BCUT2D eigenvalue weighted by Crippen LogP contribution is -2.32. The highest BCUT2D eigenvalue weighted by molar-refractivity contribution is 6.22. The number of hydrogen-bond donors (Lipinski definition) is 0. The third kappa shape index (κ3) is 1.79. The minimum absolute atomic E-state index is 0.000208. The Hall–Kier alpha value is -2.24. The average molecular weight is 305 g/mol. The molecular weight excluding hydrogens is 292 g/mol. The summed E-state index contributed by atoms with van der Waals surface area (Å²) in [5, 5.41) is 0. The first-order chi connectivity index (χ1) is 10.6. The summed E-state index contributed by atoms with van der Waals surface area (Å²) in [7, 11) is 0. The molecule has 1 aromatic carbocycles. The highest BCUT2D eigenvalue weighted by Gasteiger charge is 2.59. The minimum Gasteiger partial charge on any atom is -0.435 e. The first kappa shape index (κ1) is 13.4. The molecule has 0 radical (unpaired) electrons. The van der Waals surface area contributed by atoms with E-state index in [-0.39, 0.29) is 41.2 Å². The van der Waals surface area contributed by atoms with E-state index in [4.69, 9.17) is 0 Å². The fraction of sp³-hybridized carbons (Fsp3) is 0.375. The molecule has 0 aromatic heterocycles. The zero-order valence-corrected chi connectivity index (χ0v) is 11.5. The average Bonchev–Trinajstić information content (AvgIpc) is 3.14. The first-order valence-electron chi connectivity index (χ1n) is 7.17. The fourth-order valence-electron chi connectivity index (χ4n) is 3.93. The highest BCUT2D eigenvalue weighted by atomic mass is 19.3. The molecule has 1 saturated carbocycles. The smallest absolute Gasteiger partial charge is 0.387 e. The standard InChI is InChI=1S/C16H13F2NO3/c17-16(18)22-11-5-3-10(4-6-11)19-14(20)12-8-1-2-9(7-8)13(12)15(19)21/h1-6,8-9,12-13,16H,7H2/t8-,9+,12-,13-/m0/s1. The molecule has 0 spiro atoms. The fourth-order valence-corrected chi connectivity index (χ4v) is 3.93. The SMILES string of the molecule is O=C1[C@@H]2[C@@H](C(=O)N1c1ccc(OC(F)F)cc1)[C@H]1C=C[C@@H]2C1. The Bertz CT molecular complexity index is 640. The van der Waals surface area contributed by atoms with E-state index in [0.717, 1.165) is 6.42 Å². The van der Waals surface area contributed by atoms with Crippen LogP contribution in [0.1, 0.15) is 6.42 Å². The van der Waals surface area contributed by atoms with Crippen LogP contribution < -0.4 is 9.64 Å². The summed E-state index contributed by atoms with van der Waals surface area (Å²) in [6.45, 7) is -2.90. The molecular formula is C16H13F2NO3. The Morgan fingerprint density at radius 3 is 2.05 bits per heavy atom. The quantitative estimate of drug-likeness (QED) is 0.637. The molecule has 4 atom stereocenters. The van der Waals surface area contributed by atoms with Gasteiger partial charge in [0.1, 0.15) is 5.75 Å². The molecule has 2 bridgehead atoms. The number of fused-ring (bicyclic) bond motifs is 5. The monoisotopic (exact) mass is 305 g/mol. The van der Waals surface area contributed by atoms with Gasteiger partial charge in [0.15, 0.2) is 0 Å². The largest absolute Gasteiger partial charge is 0.435 e. The van der Waals surface area contributed by atoms with Gasteiger partial charge < -0.3 is 4.74 Å². The van der Waals surface area contributed by atoms with Gasteiger partial charge in [-0.25, -0.2) is 0 Å². The van der Waals surface area contributed by atoms with Gasteiger partial charge in [-0.15, -0.1) is 0 Å². The predicted octanol–water partition coefficient (Wildman–Crippen LogP) is 2.60.